The fraction of sp³-hybridized carbons (Fsp3) is 0.640. The van der Waals surface area contributed by atoms with Crippen LogP contribution in [0.2, 0.25) is 16.6 Å². The van der Waals surface area contributed by atoms with E-state index in [0.29, 0.717) is 16.6 Å². The van der Waals surface area contributed by atoms with Gasteiger partial charge in [-0.1, -0.05) is 53.5 Å². The fourth-order valence-corrected chi connectivity index (χ4v) is 9.55. The first-order valence-corrected chi connectivity index (χ1v) is 14.3. The Morgan fingerprint density at radius 1 is 1.06 bits per heavy atom. The number of likely N-dealkylation sites (N-methyl/N-ethyl adjacent to an activating group) is 1. The summed E-state index contributed by atoms with van der Waals surface area (Å²) in [6, 6.07) is 2.14. The van der Waals surface area contributed by atoms with Crippen LogP contribution in [0, 0.1) is 11.5 Å². The second kappa shape index (κ2) is 12.1. The molecule has 0 saturated carbocycles. The number of carbonyl (C=O) groups is 2. The van der Waals surface area contributed by atoms with Crippen LogP contribution in [-0.4, -0.2) is 65.8 Å². The molecule has 2 amide bonds. The van der Waals surface area contributed by atoms with Crippen LogP contribution in [0.25, 0.3) is 0 Å². The number of pyridine rings is 1. The smallest absolute Gasteiger partial charge is 0.444 e. The van der Waals surface area contributed by atoms with E-state index in [-0.39, 0.29) is 17.0 Å². The summed E-state index contributed by atoms with van der Waals surface area (Å²) in [5.74, 6) is 2.88. The van der Waals surface area contributed by atoms with Crippen LogP contribution in [0.4, 0.5) is 10.6 Å². The Kier molecular flexibility index (Phi) is 10.6. The average Bonchev–Trinajstić information content (AvgIpc) is 2.70. The highest BCUT2D eigenvalue weighted by Crippen LogP contribution is 2.40. The zero-order valence-electron chi connectivity index (χ0n) is 23.1. The molecule has 3 N–H and O–H groups in total. The predicted molar refractivity (Wildman–Crippen MR) is 144 cm³/mol. The maximum absolute atomic E-state index is 12.8. The number of carbonyl (C=O) groups excluding carboxylic acids is 2. The molecule has 1 aromatic rings. The molecule has 0 bridgehead atoms. The van der Waals surface area contributed by atoms with Gasteiger partial charge >= 0.3 is 13.2 Å². The highest BCUT2D eigenvalue weighted by Gasteiger charge is 2.41. The van der Waals surface area contributed by atoms with E-state index < -0.39 is 38.8 Å². The molecule has 0 aliphatic carbocycles. The molecule has 35 heavy (non-hydrogen) atoms. The van der Waals surface area contributed by atoms with E-state index in [9.17, 15) is 19.6 Å². The summed E-state index contributed by atoms with van der Waals surface area (Å²) < 4.78 is 5.33. The van der Waals surface area contributed by atoms with Crippen molar-refractivity contribution < 1.29 is 24.4 Å². The van der Waals surface area contributed by atoms with E-state index in [1.54, 1.807) is 27.7 Å². The maximum Gasteiger partial charge on any atom is 0.491 e. The Balaban J connectivity index is 3.31. The van der Waals surface area contributed by atoms with Crippen molar-refractivity contribution in [3.63, 3.8) is 0 Å². The van der Waals surface area contributed by atoms with Gasteiger partial charge in [0, 0.05) is 12.5 Å². The van der Waals surface area contributed by atoms with Gasteiger partial charge in [0.25, 0.3) is 0 Å². The van der Waals surface area contributed by atoms with Crippen LogP contribution in [0.5, 0.6) is 0 Å². The quantitative estimate of drug-likeness (QED) is 0.388. The largest absolute Gasteiger partial charge is 0.491 e. The van der Waals surface area contributed by atoms with Gasteiger partial charge in [-0.25, -0.2) is 9.78 Å². The third-order valence-corrected chi connectivity index (χ3v) is 12.7. The van der Waals surface area contributed by atoms with Gasteiger partial charge in [0.05, 0.1) is 0 Å². The molecule has 194 valence electrons. The van der Waals surface area contributed by atoms with Crippen molar-refractivity contribution in [2.24, 2.45) is 0 Å². The monoisotopic (exact) mass is 503 g/mol. The Hall–Kier alpha value is -2.35. The molecule has 1 unspecified atom stereocenters. The molecule has 0 radical (unpaired) electrons. The maximum atomic E-state index is 12.8. The highest BCUT2D eigenvalue weighted by molar-refractivity contribution is 6.90. The van der Waals surface area contributed by atoms with Crippen LogP contribution < -0.4 is 10.8 Å². The van der Waals surface area contributed by atoms with Crippen LogP contribution in [0.15, 0.2) is 12.1 Å². The summed E-state index contributed by atoms with van der Waals surface area (Å²) in [7, 11) is -2.35. The molecule has 0 spiro atoms. The highest BCUT2D eigenvalue weighted by atomic mass is 28.3. The van der Waals surface area contributed by atoms with E-state index in [4.69, 9.17) is 4.74 Å². The Morgan fingerprint density at radius 2 is 1.57 bits per heavy atom. The number of ether oxygens (including phenoxy) is 1. The van der Waals surface area contributed by atoms with Gasteiger partial charge < -0.3 is 20.1 Å². The lowest BCUT2D eigenvalue weighted by Gasteiger charge is -2.38. The summed E-state index contributed by atoms with van der Waals surface area (Å²) in [6.45, 7) is 20.0. The molecule has 0 fully saturated rings. The lowest BCUT2D eigenvalue weighted by molar-refractivity contribution is -0.120. The third kappa shape index (κ3) is 7.82. The summed E-state index contributed by atoms with van der Waals surface area (Å²) in [5, 5.41) is 22.4. The van der Waals surface area contributed by atoms with Gasteiger partial charge in [0.15, 0.2) is 0 Å². The molecular weight excluding hydrogens is 461 g/mol. The van der Waals surface area contributed by atoms with Crippen molar-refractivity contribution in [2.45, 2.75) is 97.5 Å². The van der Waals surface area contributed by atoms with E-state index >= 15 is 0 Å². The number of hydrogen-bond donors (Lipinski definition) is 3. The molecule has 0 aliphatic rings. The molecule has 0 aromatic carbocycles. The topological polar surface area (TPSA) is 112 Å². The number of anilines is 1. The van der Waals surface area contributed by atoms with Gasteiger partial charge in [-0.2, -0.15) is 0 Å². The number of nitrogens with zero attached hydrogens (tertiary/aromatic N) is 2. The number of hydrogen-bond acceptors (Lipinski definition) is 6. The van der Waals surface area contributed by atoms with Crippen molar-refractivity contribution in [3.8, 4) is 11.5 Å². The molecule has 1 aromatic heterocycles. The zero-order chi connectivity index (χ0) is 27.3. The zero-order valence-corrected chi connectivity index (χ0v) is 24.1. The van der Waals surface area contributed by atoms with E-state index in [1.165, 1.54) is 24.1 Å². The normalized spacial score (nSPS) is 12.8. The van der Waals surface area contributed by atoms with Crippen molar-refractivity contribution in [1.29, 1.82) is 0 Å². The second-order valence-electron chi connectivity index (χ2n) is 10.9. The number of amides is 2. The fourth-order valence-electron chi connectivity index (χ4n) is 4.35. The molecular formula is C25H42BN3O5Si. The SMILES string of the molecule is CC(C(=O)Nc1ccc(B(O)O)c(C#C[Si](C(C)C)(C(C)C)C(C)C)n1)N(C)C(=O)OC(C)(C)C. The van der Waals surface area contributed by atoms with Crippen LogP contribution in [0.1, 0.15) is 74.9 Å². The number of aromatic nitrogens is 1. The number of nitrogens with one attached hydrogen (secondary N) is 1. The summed E-state index contributed by atoms with van der Waals surface area (Å²) in [6.07, 6.45) is -0.615. The van der Waals surface area contributed by atoms with Gasteiger partial charge in [-0.15, -0.1) is 5.54 Å². The second-order valence-corrected chi connectivity index (χ2v) is 16.5. The lowest BCUT2D eigenvalue weighted by atomic mass is 9.79. The molecule has 1 atom stereocenters. The molecule has 0 saturated heterocycles. The molecule has 0 aliphatic heterocycles. The standard InChI is InChI=1S/C25H42BN3O5Si/c1-16(2)35(17(3)4,18(5)6)15-14-21-20(26(32)33)12-13-22(27-21)28-23(30)19(7)29(11)24(31)34-25(8,9)10/h12-13,16-19,32-33H,1-11H3,(H,27,28,30). The molecule has 1 heterocycles. The first-order chi connectivity index (χ1) is 15.9. The molecule has 10 heteroatoms. The minimum absolute atomic E-state index is 0.175. The number of rotatable bonds is 7. The van der Waals surface area contributed by atoms with Crippen LogP contribution in [-0.2, 0) is 9.53 Å². The van der Waals surface area contributed by atoms with Crippen molar-refractivity contribution in [3.05, 3.63) is 17.8 Å². The lowest BCUT2D eigenvalue weighted by Crippen LogP contribution is -2.45. The minimum Gasteiger partial charge on any atom is -0.444 e. The minimum atomic E-state index is -2.09. The first kappa shape index (κ1) is 30.7. The van der Waals surface area contributed by atoms with E-state index in [0.717, 1.165) is 0 Å². The predicted octanol–water partition coefficient (Wildman–Crippen LogP) is 3.52. The van der Waals surface area contributed by atoms with Crippen LogP contribution >= 0.6 is 0 Å². The summed E-state index contributed by atoms with van der Waals surface area (Å²) in [5.41, 5.74) is 4.41. The third-order valence-electron chi connectivity index (χ3n) is 6.36. The Morgan fingerprint density at radius 3 is 2.00 bits per heavy atom. The van der Waals surface area contributed by atoms with E-state index in [2.05, 4.69) is 63.3 Å². The Labute approximate surface area is 212 Å². The van der Waals surface area contributed by atoms with Gasteiger partial charge in [0.2, 0.25) is 5.91 Å². The van der Waals surface area contributed by atoms with Crippen molar-refractivity contribution in [1.82, 2.24) is 9.88 Å². The van der Waals surface area contributed by atoms with Gasteiger partial charge in [-0.3, -0.25) is 9.69 Å². The molecule has 8 nitrogen and oxygen atoms in total. The average molecular weight is 504 g/mol. The van der Waals surface area contributed by atoms with Crippen molar-refractivity contribution in [2.75, 3.05) is 12.4 Å². The van der Waals surface area contributed by atoms with Gasteiger partial charge in [0.1, 0.15) is 31.2 Å². The van der Waals surface area contributed by atoms with Gasteiger partial charge in [-0.05, 0) is 50.4 Å². The Bertz CT molecular complexity index is 942. The van der Waals surface area contributed by atoms with E-state index in [1.807, 2.05) is 0 Å². The summed E-state index contributed by atoms with van der Waals surface area (Å²) >= 11 is 0. The molecule has 1 rings (SSSR count). The van der Waals surface area contributed by atoms with Crippen LogP contribution in [0.3, 0.4) is 0 Å². The van der Waals surface area contributed by atoms with Crippen molar-refractivity contribution >= 4 is 38.5 Å². The summed E-state index contributed by atoms with van der Waals surface area (Å²) in [4.78, 5) is 30.8. The first-order valence-electron chi connectivity index (χ1n) is 12.1.